The van der Waals surface area contributed by atoms with Crippen molar-refractivity contribution >= 4 is 10.8 Å². The van der Waals surface area contributed by atoms with Crippen molar-refractivity contribution < 1.29 is 4.21 Å². The van der Waals surface area contributed by atoms with Gasteiger partial charge in [-0.25, -0.2) is 0 Å². The molecule has 0 atom stereocenters. The first kappa shape index (κ1) is 13.5. The summed E-state index contributed by atoms with van der Waals surface area (Å²) in [6.45, 7) is 0.692. The Kier molecular flexibility index (Phi) is 4.22. The molecule has 1 aromatic carbocycles. The Morgan fingerprint density at radius 3 is 2.70 bits per heavy atom. The highest BCUT2D eigenvalue weighted by atomic mass is 32.2. The van der Waals surface area contributed by atoms with Gasteiger partial charge >= 0.3 is 0 Å². The van der Waals surface area contributed by atoms with Gasteiger partial charge in [0.1, 0.15) is 11.4 Å². The molecule has 1 aromatic heterocycles. The molecular formula is C14H18N4OS. The Morgan fingerprint density at radius 2 is 1.95 bits per heavy atom. The number of nitrogens with one attached hydrogen (secondary N) is 2. The quantitative estimate of drug-likeness (QED) is 0.894. The Hall–Kier alpha value is -1.53. The normalized spacial score (nSPS) is 22.8. The zero-order chi connectivity index (χ0) is 13.8. The standard InChI is InChI=1S/C14H18N4OS/c19-20-8-6-12(7-9-20)15-10-13-14(17-18-16-13)11-4-2-1-3-5-11/h1-5,12,15H,6-10H2,(H,16,17,18). The van der Waals surface area contributed by atoms with Crippen LogP contribution in [0, 0.1) is 0 Å². The molecule has 2 heterocycles. The fraction of sp³-hybridized carbons (Fsp3) is 0.429. The van der Waals surface area contributed by atoms with Crippen molar-refractivity contribution in [2.75, 3.05) is 11.5 Å². The molecule has 3 rings (SSSR count). The average Bonchev–Trinajstić information content (AvgIpc) is 2.96. The number of nitrogens with zero attached hydrogens (tertiary/aromatic N) is 2. The highest BCUT2D eigenvalue weighted by Crippen LogP contribution is 2.19. The van der Waals surface area contributed by atoms with Crippen LogP contribution in [0.3, 0.4) is 0 Å². The summed E-state index contributed by atoms with van der Waals surface area (Å²) in [6.07, 6.45) is 1.95. The van der Waals surface area contributed by atoms with E-state index in [1.54, 1.807) is 0 Å². The van der Waals surface area contributed by atoms with Gasteiger partial charge < -0.3 is 5.32 Å². The number of aromatic amines is 1. The molecule has 1 fully saturated rings. The molecule has 6 heteroatoms. The van der Waals surface area contributed by atoms with Crippen LogP contribution in [0.4, 0.5) is 0 Å². The molecule has 0 radical (unpaired) electrons. The maximum Gasteiger partial charge on any atom is 0.117 e. The van der Waals surface area contributed by atoms with Crippen LogP contribution < -0.4 is 5.32 Å². The van der Waals surface area contributed by atoms with Crippen molar-refractivity contribution in [1.82, 2.24) is 20.7 Å². The fourth-order valence-corrected chi connectivity index (χ4v) is 3.74. The Bertz CT molecular complexity index is 574. The van der Waals surface area contributed by atoms with Gasteiger partial charge in [-0.05, 0) is 12.8 Å². The average molecular weight is 290 g/mol. The number of hydrogen-bond donors (Lipinski definition) is 2. The van der Waals surface area contributed by atoms with E-state index in [0.717, 1.165) is 41.3 Å². The molecular weight excluding hydrogens is 272 g/mol. The summed E-state index contributed by atoms with van der Waals surface area (Å²) in [6, 6.07) is 10.5. The third-order valence-corrected chi connectivity index (χ3v) is 5.00. The van der Waals surface area contributed by atoms with Crippen LogP contribution in [0.25, 0.3) is 11.3 Å². The molecule has 0 amide bonds. The minimum absolute atomic E-state index is 0.438. The number of rotatable bonds is 4. The predicted molar refractivity (Wildman–Crippen MR) is 79.6 cm³/mol. The maximum absolute atomic E-state index is 11.3. The Balaban J connectivity index is 1.64. The van der Waals surface area contributed by atoms with E-state index in [9.17, 15) is 4.21 Å². The van der Waals surface area contributed by atoms with E-state index < -0.39 is 10.8 Å². The predicted octanol–water partition coefficient (Wildman–Crippen LogP) is 1.47. The summed E-state index contributed by atoms with van der Waals surface area (Å²) >= 11 is 0. The molecule has 20 heavy (non-hydrogen) atoms. The van der Waals surface area contributed by atoms with Gasteiger partial charge in [-0.15, -0.1) is 0 Å². The van der Waals surface area contributed by atoms with Crippen molar-refractivity contribution in [2.24, 2.45) is 0 Å². The molecule has 2 aromatic rings. The molecule has 0 aliphatic carbocycles. The first-order valence-electron chi connectivity index (χ1n) is 6.86. The lowest BCUT2D eigenvalue weighted by Crippen LogP contribution is -2.35. The van der Waals surface area contributed by atoms with Gasteiger partial charge in [-0.2, -0.15) is 15.4 Å². The summed E-state index contributed by atoms with van der Waals surface area (Å²) in [5, 5.41) is 14.7. The van der Waals surface area contributed by atoms with Gasteiger partial charge in [-0.3, -0.25) is 4.21 Å². The van der Waals surface area contributed by atoms with E-state index in [-0.39, 0.29) is 0 Å². The van der Waals surface area contributed by atoms with Gasteiger partial charge in [0, 0.05) is 40.5 Å². The summed E-state index contributed by atoms with van der Waals surface area (Å²) in [5.74, 6) is 1.62. The van der Waals surface area contributed by atoms with Crippen LogP contribution in [-0.4, -0.2) is 37.2 Å². The molecule has 5 nitrogen and oxygen atoms in total. The van der Waals surface area contributed by atoms with Gasteiger partial charge in [-0.1, -0.05) is 30.3 Å². The number of aromatic nitrogens is 3. The van der Waals surface area contributed by atoms with Crippen LogP contribution in [-0.2, 0) is 17.3 Å². The molecule has 2 N–H and O–H groups in total. The highest BCUT2D eigenvalue weighted by molar-refractivity contribution is 7.85. The Labute approximate surface area is 120 Å². The number of H-pyrrole nitrogens is 1. The third kappa shape index (κ3) is 3.13. The van der Waals surface area contributed by atoms with Crippen molar-refractivity contribution in [3.8, 4) is 11.3 Å². The lowest BCUT2D eigenvalue weighted by atomic mass is 10.1. The first-order valence-corrected chi connectivity index (χ1v) is 8.35. The molecule has 0 unspecified atom stereocenters. The number of benzene rings is 1. The van der Waals surface area contributed by atoms with Crippen LogP contribution in [0.2, 0.25) is 0 Å². The molecule has 0 saturated carbocycles. The van der Waals surface area contributed by atoms with E-state index in [2.05, 4.69) is 20.7 Å². The lowest BCUT2D eigenvalue weighted by Gasteiger charge is -2.22. The van der Waals surface area contributed by atoms with E-state index in [4.69, 9.17) is 0 Å². The SMILES string of the molecule is O=S1CCC(NCc2n[nH]nc2-c2ccccc2)CC1. The van der Waals surface area contributed by atoms with Crippen LogP contribution in [0.15, 0.2) is 30.3 Å². The van der Waals surface area contributed by atoms with E-state index >= 15 is 0 Å². The van der Waals surface area contributed by atoms with Crippen LogP contribution in [0.1, 0.15) is 18.5 Å². The third-order valence-electron chi connectivity index (χ3n) is 3.61. The minimum atomic E-state index is -0.609. The molecule has 0 bridgehead atoms. The van der Waals surface area contributed by atoms with Gasteiger partial charge in [0.15, 0.2) is 0 Å². The summed E-state index contributed by atoms with van der Waals surface area (Å²) in [4.78, 5) is 0. The molecule has 1 aliphatic rings. The van der Waals surface area contributed by atoms with Crippen molar-refractivity contribution in [3.63, 3.8) is 0 Å². The first-order chi connectivity index (χ1) is 9.83. The Morgan fingerprint density at radius 1 is 1.20 bits per heavy atom. The lowest BCUT2D eigenvalue weighted by molar-refractivity contribution is 0.472. The summed E-state index contributed by atoms with van der Waals surface area (Å²) in [5.41, 5.74) is 2.91. The maximum atomic E-state index is 11.3. The number of hydrogen-bond acceptors (Lipinski definition) is 4. The van der Waals surface area contributed by atoms with Gasteiger partial charge in [0.05, 0.1) is 0 Å². The van der Waals surface area contributed by atoms with E-state index in [1.807, 2.05) is 30.3 Å². The smallest absolute Gasteiger partial charge is 0.117 e. The second kappa shape index (κ2) is 6.28. The molecule has 1 aliphatic heterocycles. The van der Waals surface area contributed by atoms with Crippen LogP contribution in [0.5, 0.6) is 0 Å². The molecule has 1 saturated heterocycles. The monoisotopic (exact) mass is 290 g/mol. The molecule has 0 spiro atoms. The van der Waals surface area contributed by atoms with Gasteiger partial charge in [0.25, 0.3) is 0 Å². The summed E-state index contributed by atoms with van der Waals surface area (Å²) < 4.78 is 11.3. The second-order valence-corrected chi connectivity index (χ2v) is 6.68. The van der Waals surface area contributed by atoms with Crippen molar-refractivity contribution in [3.05, 3.63) is 36.0 Å². The van der Waals surface area contributed by atoms with Crippen molar-refractivity contribution in [1.29, 1.82) is 0 Å². The second-order valence-electron chi connectivity index (χ2n) is 4.99. The summed E-state index contributed by atoms with van der Waals surface area (Å²) in [7, 11) is -0.609. The highest BCUT2D eigenvalue weighted by Gasteiger charge is 2.18. The van der Waals surface area contributed by atoms with Gasteiger partial charge in [0.2, 0.25) is 0 Å². The zero-order valence-corrected chi connectivity index (χ0v) is 12.0. The molecule has 106 valence electrons. The largest absolute Gasteiger partial charge is 0.308 e. The fourth-order valence-electron chi connectivity index (χ4n) is 2.44. The van der Waals surface area contributed by atoms with Crippen molar-refractivity contribution in [2.45, 2.75) is 25.4 Å². The zero-order valence-electron chi connectivity index (χ0n) is 11.2. The van der Waals surface area contributed by atoms with E-state index in [0.29, 0.717) is 12.6 Å². The van der Waals surface area contributed by atoms with E-state index in [1.165, 1.54) is 0 Å². The minimum Gasteiger partial charge on any atom is -0.308 e. The van der Waals surface area contributed by atoms with Crippen LogP contribution >= 0.6 is 0 Å². The topological polar surface area (TPSA) is 70.7 Å².